The first-order chi connectivity index (χ1) is 16.9. The van der Waals surface area contributed by atoms with Crippen molar-refractivity contribution in [3.8, 4) is 17.2 Å². The molecule has 0 aromatic heterocycles. The second-order valence-corrected chi connectivity index (χ2v) is 8.41. The molecule has 8 nitrogen and oxygen atoms in total. The van der Waals surface area contributed by atoms with E-state index >= 15 is 0 Å². The Hall–Kier alpha value is -3.85. The summed E-state index contributed by atoms with van der Waals surface area (Å²) in [5.41, 5.74) is 5.80. The molecule has 3 rings (SSSR count). The summed E-state index contributed by atoms with van der Waals surface area (Å²) < 4.78 is 17.2. The van der Waals surface area contributed by atoms with Crippen LogP contribution in [0.5, 0.6) is 17.2 Å². The lowest BCUT2D eigenvalue weighted by Crippen LogP contribution is -2.24. The van der Waals surface area contributed by atoms with Crippen molar-refractivity contribution in [2.24, 2.45) is 5.10 Å². The fourth-order valence-corrected chi connectivity index (χ4v) is 3.61. The molecular formula is C26H26BrN3O5. The molecule has 0 heterocycles. The SMILES string of the molecule is COc1ccc(NC(=O)CC(=O)NN=Cc2cc(Br)c(OCc3ccc(C)cc3)c(OC)c2)cc1. The molecule has 0 aliphatic rings. The number of hydrogen-bond donors (Lipinski definition) is 2. The van der Waals surface area contributed by atoms with E-state index in [-0.39, 0.29) is 6.42 Å². The predicted molar refractivity (Wildman–Crippen MR) is 138 cm³/mol. The fraction of sp³-hybridized carbons (Fsp3) is 0.192. The number of halogens is 1. The molecule has 0 radical (unpaired) electrons. The summed E-state index contributed by atoms with van der Waals surface area (Å²) >= 11 is 3.50. The summed E-state index contributed by atoms with van der Waals surface area (Å²) in [5, 5.41) is 6.58. The number of carbonyl (C=O) groups excluding carboxylic acids is 2. The molecule has 0 saturated heterocycles. The number of nitrogens with zero attached hydrogens (tertiary/aromatic N) is 1. The van der Waals surface area contributed by atoms with Crippen LogP contribution in [0.4, 0.5) is 5.69 Å². The summed E-state index contributed by atoms with van der Waals surface area (Å²) in [6.45, 7) is 2.42. The van der Waals surface area contributed by atoms with E-state index in [2.05, 4.69) is 31.8 Å². The summed E-state index contributed by atoms with van der Waals surface area (Å²) in [4.78, 5) is 24.1. The Morgan fingerprint density at radius 2 is 1.69 bits per heavy atom. The normalized spacial score (nSPS) is 10.6. The lowest BCUT2D eigenvalue weighted by molar-refractivity contribution is -0.126. The van der Waals surface area contributed by atoms with Gasteiger partial charge in [-0.2, -0.15) is 5.10 Å². The van der Waals surface area contributed by atoms with E-state index in [1.807, 2.05) is 31.2 Å². The van der Waals surface area contributed by atoms with Gasteiger partial charge in [-0.25, -0.2) is 5.43 Å². The van der Waals surface area contributed by atoms with Crippen LogP contribution in [-0.2, 0) is 16.2 Å². The molecule has 182 valence electrons. The highest BCUT2D eigenvalue weighted by molar-refractivity contribution is 9.10. The van der Waals surface area contributed by atoms with Crippen molar-refractivity contribution in [2.75, 3.05) is 19.5 Å². The predicted octanol–water partition coefficient (Wildman–Crippen LogP) is 4.83. The average Bonchev–Trinajstić information content (AvgIpc) is 2.84. The smallest absolute Gasteiger partial charge is 0.249 e. The molecule has 0 bridgehead atoms. The molecule has 2 N–H and O–H groups in total. The van der Waals surface area contributed by atoms with Gasteiger partial charge in [0.25, 0.3) is 0 Å². The monoisotopic (exact) mass is 539 g/mol. The minimum Gasteiger partial charge on any atom is -0.497 e. The first-order valence-corrected chi connectivity index (χ1v) is 11.5. The van der Waals surface area contributed by atoms with Gasteiger partial charge in [0.05, 0.1) is 24.9 Å². The number of benzene rings is 3. The molecule has 0 aliphatic heterocycles. The van der Waals surface area contributed by atoms with Gasteiger partial charge in [0.1, 0.15) is 18.8 Å². The van der Waals surface area contributed by atoms with Gasteiger partial charge in [-0.05, 0) is 70.4 Å². The van der Waals surface area contributed by atoms with Gasteiger partial charge in [-0.15, -0.1) is 0 Å². The fourth-order valence-electron chi connectivity index (χ4n) is 3.04. The first kappa shape index (κ1) is 25.8. The zero-order valence-electron chi connectivity index (χ0n) is 19.6. The molecule has 3 aromatic carbocycles. The van der Waals surface area contributed by atoms with E-state index in [0.29, 0.717) is 39.6 Å². The van der Waals surface area contributed by atoms with Crippen LogP contribution in [0.1, 0.15) is 23.1 Å². The third kappa shape index (κ3) is 7.86. The van der Waals surface area contributed by atoms with Crippen LogP contribution in [0.2, 0.25) is 0 Å². The first-order valence-electron chi connectivity index (χ1n) is 10.7. The molecule has 2 amide bonds. The molecule has 3 aromatic rings. The van der Waals surface area contributed by atoms with Gasteiger partial charge in [0.2, 0.25) is 11.8 Å². The van der Waals surface area contributed by atoms with Crippen LogP contribution in [0.15, 0.2) is 70.2 Å². The van der Waals surface area contributed by atoms with Crippen LogP contribution < -0.4 is 25.0 Å². The second-order valence-electron chi connectivity index (χ2n) is 7.56. The van der Waals surface area contributed by atoms with Crippen LogP contribution in [-0.4, -0.2) is 32.2 Å². The summed E-state index contributed by atoms with van der Waals surface area (Å²) in [6.07, 6.45) is 1.08. The van der Waals surface area contributed by atoms with E-state index in [1.54, 1.807) is 50.6 Å². The largest absolute Gasteiger partial charge is 0.497 e. The highest BCUT2D eigenvalue weighted by Gasteiger charge is 2.12. The average molecular weight is 540 g/mol. The lowest BCUT2D eigenvalue weighted by atomic mass is 10.2. The number of ether oxygens (including phenoxy) is 3. The molecule has 9 heteroatoms. The van der Waals surface area contributed by atoms with Crippen molar-refractivity contribution in [3.05, 3.63) is 81.8 Å². The van der Waals surface area contributed by atoms with E-state index in [1.165, 1.54) is 11.8 Å². The zero-order valence-corrected chi connectivity index (χ0v) is 21.2. The number of rotatable bonds is 10. The highest BCUT2D eigenvalue weighted by Crippen LogP contribution is 2.36. The third-order valence-electron chi connectivity index (χ3n) is 4.85. The zero-order chi connectivity index (χ0) is 25.2. The van der Waals surface area contributed by atoms with Crippen LogP contribution in [0.25, 0.3) is 0 Å². The molecular weight excluding hydrogens is 514 g/mol. The van der Waals surface area contributed by atoms with Gasteiger partial charge in [0.15, 0.2) is 11.5 Å². The number of hydrogen-bond acceptors (Lipinski definition) is 6. The number of carbonyl (C=O) groups is 2. The van der Waals surface area contributed by atoms with Gasteiger partial charge in [0, 0.05) is 5.69 Å². The minimum atomic E-state index is -0.545. The standard InChI is InChI=1S/C26H26BrN3O5/c1-17-4-6-18(7-5-17)16-35-26-22(27)12-19(13-23(26)34-3)15-28-30-25(32)14-24(31)29-20-8-10-21(33-2)11-9-20/h4-13,15H,14,16H2,1-3H3,(H,29,31)(H,30,32). The van der Waals surface area contributed by atoms with E-state index in [9.17, 15) is 9.59 Å². The van der Waals surface area contributed by atoms with Gasteiger partial charge in [-0.3, -0.25) is 9.59 Å². The number of methoxy groups -OCH3 is 2. The molecule has 0 spiro atoms. The number of nitrogens with one attached hydrogen (secondary N) is 2. The Morgan fingerprint density at radius 1 is 0.971 bits per heavy atom. The van der Waals surface area contributed by atoms with Crippen molar-refractivity contribution >= 4 is 39.6 Å². The van der Waals surface area contributed by atoms with Gasteiger partial charge < -0.3 is 19.5 Å². The Morgan fingerprint density at radius 3 is 2.34 bits per heavy atom. The maximum atomic E-state index is 12.1. The molecule has 0 unspecified atom stereocenters. The lowest BCUT2D eigenvalue weighted by Gasteiger charge is -2.13. The van der Waals surface area contributed by atoms with Crippen LogP contribution in [0.3, 0.4) is 0 Å². The van der Waals surface area contributed by atoms with Gasteiger partial charge >= 0.3 is 0 Å². The van der Waals surface area contributed by atoms with E-state index in [4.69, 9.17) is 14.2 Å². The topological polar surface area (TPSA) is 98.2 Å². The number of anilines is 1. The Labute approximate surface area is 212 Å². The van der Waals surface area contributed by atoms with Crippen molar-refractivity contribution in [3.63, 3.8) is 0 Å². The van der Waals surface area contributed by atoms with Gasteiger partial charge in [-0.1, -0.05) is 29.8 Å². The molecule has 0 atom stereocenters. The molecule has 35 heavy (non-hydrogen) atoms. The van der Waals surface area contributed by atoms with Crippen LogP contribution >= 0.6 is 15.9 Å². The minimum absolute atomic E-state index is 0.373. The highest BCUT2D eigenvalue weighted by atomic mass is 79.9. The Bertz CT molecular complexity index is 1190. The summed E-state index contributed by atoms with van der Waals surface area (Å²) in [7, 11) is 3.10. The van der Waals surface area contributed by atoms with Crippen molar-refractivity contribution in [1.29, 1.82) is 0 Å². The molecule has 0 aliphatic carbocycles. The van der Waals surface area contributed by atoms with Crippen molar-refractivity contribution in [2.45, 2.75) is 20.0 Å². The summed E-state index contributed by atoms with van der Waals surface area (Å²) in [5.74, 6) is 0.741. The molecule has 0 saturated carbocycles. The number of amides is 2. The van der Waals surface area contributed by atoms with Crippen molar-refractivity contribution < 1.29 is 23.8 Å². The maximum Gasteiger partial charge on any atom is 0.249 e. The Balaban J connectivity index is 1.54. The van der Waals surface area contributed by atoms with Crippen LogP contribution in [0, 0.1) is 6.92 Å². The van der Waals surface area contributed by atoms with E-state index in [0.717, 1.165) is 5.56 Å². The second kappa shape index (κ2) is 12.6. The van der Waals surface area contributed by atoms with E-state index < -0.39 is 11.8 Å². The third-order valence-corrected chi connectivity index (χ3v) is 5.44. The molecule has 0 fully saturated rings. The maximum absolute atomic E-state index is 12.1. The Kier molecular flexibility index (Phi) is 9.25. The number of aryl methyl sites for hydroxylation is 1. The number of hydrazone groups is 1. The summed E-state index contributed by atoms with van der Waals surface area (Å²) in [6, 6.07) is 18.4. The van der Waals surface area contributed by atoms with Crippen molar-refractivity contribution in [1.82, 2.24) is 5.43 Å². The quantitative estimate of drug-likeness (QED) is 0.218.